The van der Waals surface area contributed by atoms with E-state index in [4.69, 9.17) is 0 Å². The van der Waals surface area contributed by atoms with E-state index in [0.29, 0.717) is 24.2 Å². The lowest BCUT2D eigenvalue weighted by molar-refractivity contribution is -0.385. The highest BCUT2D eigenvalue weighted by Crippen LogP contribution is 2.27. The summed E-state index contributed by atoms with van der Waals surface area (Å²) < 4.78 is 26.8. The minimum absolute atomic E-state index is 0.0402. The van der Waals surface area contributed by atoms with E-state index in [0.717, 1.165) is 29.1 Å². The lowest BCUT2D eigenvalue weighted by Gasteiger charge is -2.13. The Morgan fingerprint density at radius 2 is 1.96 bits per heavy atom. The van der Waals surface area contributed by atoms with Crippen molar-refractivity contribution in [1.29, 1.82) is 0 Å². The summed E-state index contributed by atoms with van der Waals surface area (Å²) in [6, 6.07) is 7.42. The molecule has 10 heteroatoms. The molecule has 0 aliphatic carbocycles. The number of carbonyl (C=O) groups excluding carboxylic acids is 1. The Morgan fingerprint density at radius 1 is 1.26 bits per heavy atom. The Hall–Kier alpha value is -2.30. The van der Waals surface area contributed by atoms with Crippen LogP contribution in [0.3, 0.4) is 0 Å². The fourth-order valence-corrected chi connectivity index (χ4v) is 5.89. The smallest absolute Gasteiger partial charge is 0.272 e. The summed E-state index contributed by atoms with van der Waals surface area (Å²) in [5.74, 6) is -0.370. The van der Waals surface area contributed by atoms with Crippen LogP contribution in [0.4, 0.5) is 5.69 Å². The minimum atomic E-state index is -3.45. The molecule has 0 radical (unpaired) electrons. The molecule has 1 aliphatic rings. The van der Waals surface area contributed by atoms with Crippen LogP contribution in [0.5, 0.6) is 0 Å². The topological polar surface area (TPSA) is 110 Å². The van der Waals surface area contributed by atoms with Gasteiger partial charge in [0.15, 0.2) is 0 Å². The van der Waals surface area contributed by atoms with Gasteiger partial charge in [0.25, 0.3) is 21.6 Å². The second-order valence-corrected chi connectivity index (χ2v) is 9.61. The molecule has 0 saturated carbocycles. The second-order valence-electron chi connectivity index (χ2n) is 6.27. The zero-order valence-electron chi connectivity index (χ0n) is 14.7. The van der Waals surface area contributed by atoms with Gasteiger partial charge in [0, 0.05) is 35.2 Å². The van der Waals surface area contributed by atoms with Crippen LogP contribution in [0.1, 0.15) is 33.6 Å². The number of hydrogen-bond acceptors (Lipinski definition) is 6. The van der Waals surface area contributed by atoms with E-state index in [1.165, 1.54) is 22.5 Å². The third-order valence-corrected chi connectivity index (χ3v) is 7.83. The molecular weight excluding hydrogens is 390 g/mol. The summed E-state index contributed by atoms with van der Waals surface area (Å²) in [5.41, 5.74) is 0.684. The maximum atomic E-state index is 12.5. The molecule has 0 spiro atoms. The molecule has 1 fully saturated rings. The summed E-state index contributed by atoms with van der Waals surface area (Å²) in [6.07, 6.45) is 1.75. The van der Waals surface area contributed by atoms with E-state index < -0.39 is 14.9 Å². The van der Waals surface area contributed by atoms with Gasteiger partial charge in [0.2, 0.25) is 0 Å². The summed E-state index contributed by atoms with van der Waals surface area (Å²) in [6.45, 7) is 2.86. The molecule has 2 heterocycles. The lowest BCUT2D eigenvalue weighted by atomic mass is 10.1. The van der Waals surface area contributed by atoms with Crippen molar-refractivity contribution in [1.82, 2.24) is 9.62 Å². The molecule has 2 aromatic rings. The third-order valence-electron chi connectivity index (χ3n) is 4.38. The SMILES string of the molecule is Cc1cc(C(=O)NCc2ccc(S(=O)(=O)N3CCCC3)s2)ccc1[N+](=O)[O-]. The van der Waals surface area contributed by atoms with Crippen molar-refractivity contribution in [2.24, 2.45) is 0 Å². The van der Waals surface area contributed by atoms with Crippen molar-refractivity contribution in [2.45, 2.75) is 30.5 Å². The first kappa shape index (κ1) is 19.5. The molecule has 27 heavy (non-hydrogen) atoms. The van der Waals surface area contributed by atoms with Crippen LogP contribution in [-0.2, 0) is 16.6 Å². The van der Waals surface area contributed by atoms with E-state index in [1.54, 1.807) is 19.1 Å². The minimum Gasteiger partial charge on any atom is -0.347 e. The van der Waals surface area contributed by atoms with Crippen LogP contribution < -0.4 is 5.32 Å². The van der Waals surface area contributed by atoms with Gasteiger partial charge < -0.3 is 5.32 Å². The van der Waals surface area contributed by atoms with E-state index in [9.17, 15) is 23.3 Å². The van der Waals surface area contributed by atoms with Gasteiger partial charge >= 0.3 is 0 Å². The number of nitro groups is 1. The van der Waals surface area contributed by atoms with Gasteiger partial charge in [-0.2, -0.15) is 4.31 Å². The predicted molar refractivity (Wildman–Crippen MR) is 101 cm³/mol. The number of amides is 1. The van der Waals surface area contributed by atoms with Gasteiger partial charge in [-0.3, -0.25) is 14.9 Å². The predicted octanol–water partition coefficient (Wildman–Crippen LogP) is 2.68. The molecule has 1 aromatic carbocycles. The number of nitrogens with one attached hydrogen (secondary N) is 1. The number of benzene rings is 1. The van der Waals surface area contributed by atoms with Gasteiger partial charge in [-0.1, -0.05) is 0 Å². The first-order valence-corrected chi connectivity index (χ1v) is 10.7. The third kappa shape index (κ3) is 4.18. The largest absolute Gasteiger partial charge is 0.347 e. The standard InChI is InChI=1S/C17H19N3O5S2/c1-12-10-13(4-6-15(12)20(22)23)17(21)18-11-14-5-7-16(26-14)27(24,25)19-8-2-3-9-19/h4-7,10H,2-3,8-9,11H2,1H3,(H,18,21). The van der Waals surface area contributed by atoms with Crippen LogP contribution in [0.2, 0.25) is 0 Å². The maximum absolute atomic E-state index is 12.5. The zero-order valence-corrected chi connectivity index (χ0v) is 16.3. The van der Waals surface area contributed by atoms with Crippen LogP contribution in [0.15, 0.2) is 34.5 Å². The average Bonchev–Trinajstić information content (AvgIpc) is 3.31. The monoisotopic (exact) mass is 409 g/mol. The molecule has 1 amide bonds. The Morgan fingerprint density at radius 3 is 2.59 bits per heavy atom. The van der Waals surface area contributed by atoms with Gasteiger partial charge in [-0.15, -0.1) is 11.3 Å². The van der Waals surface area contributed by atoms with Gasteiger partial charge in [-0.05, 0) is 44.0 Å². The Bertz CT molecular complexity index is 978. The fourth-order valence-electron chi connectivity index (χ4n) is 2.92. The average molecular weight is 409 g/mol. The first-order chi connectivity index (χ1) is 12.8. The Kier molecular flexibility index (Phi) is 5.59. The zero-order chi connectivity index (χ0) is 19.6. The van der Waals surface area contributed by atoms with Crippen molar-refractivity contribution < 1.29 is 18.1 Å². The van der Waals surface area contributed by atoms with Crippen molar-refractivity contribution in [2.75, 3.05) is 13.1 Å². The van der Waals surface area contributed by atoms with Crippen LogP contribution in [0.25, 0.3) is 0 Å². The van der Waals surface area contributed by atoms with Crippen LogP contribution in [-0.4, -0.2) is 36.6 Å². The molecule has 0 unspecified atom stereocenters. The van der Waals surface area contributed by atoms with Crippen molar-refractivity contribution in [3.8, 4) is 0 Å². The van der Waals surface area contributed by atoms with Crippen LogP contribution >= 0.6 is 11.3 Å². The highest BCUT2D eigenvalue weighted by molar-refractivity contribution is 7.91. The van der Waals surface area contributed by atoms with Crippen molar-refractivity contribution in [3.63, 3.8) is 0 Å². The highest BCUT2D eigenvalue weighted by atomic mass is 32.2. The van der Waals surface area contributed by atoms with Gasteiger partial charge in [-0.25, -0.2) is 8.42 Å². The number of aryl methyl sites for hydroxylation is 1. The lowest BCUT2D eigenvalue weighted by Crippen LogP contribution is -2.27. The van der Waals surface area contributed by atoms with Crippen molar-refractivity contribution >= 4 is 33.0 Å². The molecule has 8 nitrogen and oxygen atoms in total. The maximum Gasteiger partial charge on any atom is 0.272 e. The Balaban J connectivity index is 1.65. The highest BCUT2D eigenvalue weighted by Gasteiger charge is 2.28. The number of thiophene rings is 1. The van der Waals surface area contributed by atoms with Gasteiger partial charge in [0.1, 0.15) is 4.21 Å². The molecule has 0 atom stereocenters. The van der Waals surface area contributed by atoms with E-state index >= 15 is 0 Å². The number of carbonyl (C=O) groups is 1. The molecule has 1 aliphatic heterocycles. The van der Waals surface area contributed by atoms with E-state index in [2.05, 4.69) is 5.32 Å². The number of nitrogens with zero attached hydrogens (tertiary/aromatic N) is 2. The summed E-state index contributed by atoms with van der Waals surface area (Å²) in [5, 5.41) is 13.6. The molecule has 3 rings (SSSR count). The molecule has 1 saturated heterocycles. The number of sulfonamides is 1. The first-order valence-electron chi connectivity index (χ1n) is 8.41. The quantitative estimate of drug-likeness (QED) is 0.583. The number of hydrogen-bond donors (Lipinski definition) is 1. The molecule has 1 aromatic heterocycles. The second kappa shape index (κ2) is 7.75. The van der Waals surface area contributed by atoms with Gasteiger partial charge in [0.05, 0.1) is 11.5 Å². The number of rotatable bonds is 6. The number of nitro benzene ring substituents is 1. The fraction of sp³-hybridized carbons (Fsp3) is 0.353. The summed E-state index contributed by atoms with van der Waals surface area (Å²) in [7, 11) is -3.45. The molecule has 144 valence electrons. The van der Waals surface area contributed by atoms with Crippen LogP contribution in [0, 0.1) is 17.0 Å². The molecule has 0 bridgehead atoms. The normalized spacial score (nSPS) is 15.0. The van der Waals surface area contributed by atoms with Crippen molar-refractivity contribution in [3.05, 3.63) is 56.5 Å². The summed E-state index contributed by atoms with van der Waals surface area (Å²) >= 11 is 1.14. The van der Waals surface area contributed by atoms with E-state index in [1.807, 2.05) is 0 Å². The summed E-state index contributed by atoms with van der Waals surface area (Å²) in [4.78, 5) is 23.3. The Labute approximate surface area is 161 Å². The molecule has 1 N–H and O–H groups in total. The van der Waals surface area contributed by atoms with E-state index in [-0.39, 0.29) is 22.3 Å². The molecular formula is C17H19N3O5S2.